The van der Waals surface area contributed by atoms with Crippen molar-refractivity contribution in [3.63, 3.8) is 0 Å². The van der Waals surface area contributed by atoms with Gasteiger partial charge in [0.2, 0.25) is 0 Å². The van der Waals surface area contributed by atoms with E-state index in [0.717, 1.165) is 12.8 Å². The lowest BCUT2D eigenvalue weighted by Crippen LogP contribution is -2.29. The fourth-order valence-electron chi connectivity index (χ4n) is 2.28. The lowest BCUT2D eigenvalue weighted by Gasteiger charge is -2.29. The third-order valence-electron chi connectivity index (χ3n) is 3.69. The zero-order valence-corrected chi connectivity index (χ0v) is 14.8. The Kier molecular flexibility index (Phi) is 10.9. The maximum Gasteiger partial charge on any atom is 0.0593 e. The monoisotopic (exact) mass is 306 g/mol. The van der Waals surface area contributed by atoms with Gasteiger partial charge in [-0.3, -0.25) is 0 Å². The maximum absolute atomic E-state index is 10.2. The molecule has 2 N–H and O–H groups in total. The molecule has 2 heteroatoms. The van der Waals surface area contributed by atoms with Crippen LogP contribution in [-0.2, 0) is 6.42 Å². The number of hydrogen-bond acceptors (Lipinski definition) is 2. The van der Waals surface area contributed by atoms with Crippen LogP contribution in [0.1, 0.15) is 52.5 Å². The van der Waals surface area contributed by atoms with E-state index in [1.165, 1.54) is 12.0 Å². The van der Waals surface area contributed by atoms with Crippen molar-refractivity contribution in [1.82, 2.24) is 0 Å². The molecule has 0 aliphatic carbocycles. The Hall–Kier alpha value is -1.12. The van der Waals surface area contributed by atoms with Crippen molar-refractivity contribution in [3.05, 3.63) is 48.6 Å². The molecule has 1 rings (SSSR count). The molecule has 0 amide bonds. The molecule has 1 aromatic rings. The van der Waals surface area contributed by atoms with Crippen LogP contribution in [0, 0.1) is 11.3 Å². The number of hydrogen-bond donors (Lipinski definition) is 2. The normalized spacial score (nSPS) is 13.7. The van der Waals surface area contributed by atoms with Gasteiger partial charge in [-0.2, -0.15) is 0 Å². The Morgan fingerprint density at radius 1 is 1.18 bits per heavy atom. The zero-order chi connectivity index (χ0) is 17.0. The van der Waals surface area contributed by atoms with Crippen molar-refractivity contribution < 1.29 is 10.2 Å². The largest absolute Gasteiger partial charge is 0.396 e. The molecule has 2 atom stereocenters. The van der Waals surface area contributed by atoms with Crippen molar-refractivity contribution in [1.29, 1.82) is 0 Å². The molecule has 0 heterocycles. The first-order chi connectivity index (χ1) is 10.4. The lowest BCUT2D eigenvalue weighted by molar-refractivity contribution is 0.0422. The van der Waals surface area contributed by atoms with Gasteiger partial charge in [-0.15, -0.1) is 6.58 Å². The zero-order valence-electron chi connectivity index (χ0n) is 14.8. The Morgan fingerprint density at radius 2 is 1.73 bits per heavy atom. The summed E-state index contributed by atoms with van der Waals surface area (Å²) in [6.45, 7) is 12.2. The summed E-state index contributed by atoms with van der Waals surface area (Å²) in [6.07, 6.45) is 4.95. The summed E-state index contributed by atoms with van der Waals surface area (Å²) in [5.41, 5.74) is 1.17. The number of rotatable bonds is 8. The topological polar surface area (TPSA) is 40.5 Å². The number of aliphatic hydroxyl groups excluding tert-OH is 2. The third kappa shape index (κ3) is 9.01. The van der Waals surface area contributed by atoms with Gasteiger partial charge in [0.1, 0.15) is 0 Å². The molecular weight excluding hydrogens is 272 g/mol. The molecular formula is C20H34O2. The van der Waals surface area contributed by atoms with Crippen molar-refractivity contribution in [2.24, 2.45) is 11.3 Å². The van der Waals surface area contributed by atoms with E-state index >= 15 is 0 Å². The molecule has 0 aliphatic heterocycles. The highest BCUT2D eigenvalue weighted by Crippen LogP contribution is 2.29. The summed E-state index contributed by atoms with van der Waals surface area (Å²) in [6, 6.07) is 10.1. The minimum atomic E-state index is -0.468. The van der Waals surface area contributed by atoms with Crippen molar-refractivity contribution in [2.75, 3.05) is 6.61 Å². The predicted octanol–water partition coefficient (Wildman–Crippen LogP) is 4.61. The molecule has 0 spiro atoms. The average molecular weight is 306 g/mol. The van der Waals surface area contributed by atoms with Gasteiger partial charge in [-0.1, -0.05) is 70.5 Å². The molecule has 0 saturated heterocycles. The Balaban J connectivity index is 0.00000135. The number of aryl methyl sites for hydroxylation is 1. The van der Waals surface area contributed by atoms with Crippen LogP contribution >= 0.6 is 0 Å². The van der Waals surface area contributed by atoms with Crippen LogP contribution in [0.4, 0.5) is 0 Å². The highest BCUT2D eigenvalue weighted by molar-refractivity contribution is 5.14. The van der Waals surface area contributed by atoms with E-state index in [-0.39, 0.29) is 17.9 Å². The summed E-state index contributed by atoms with van der Waals surface area (Å²) >= 11 is 0. The van der Waals surface area contributed by atoms with E-state index in [1.54, 1.807) is 0 Å². The number of benzene rings is 1. The SMILES string of the molecule is C=CC(C)(C)CC(CO)C(O)CCc1ccccc1.CCC. The molecule has 0 bridgehead atoms. The molecule has 2 nitrogen and oxygen atoms in total. The maximum atomic E-state index is 10.2. The van der Waals surface area contributed by atoms with Crippen molar-refractivity contribution in [2.45, 2.75) is 59.5 Å². The van der Waals surface area contributed by atoms with E-state index < -0.39 is 6.10 Å². The van der Waals surface area contributed by atoms with E-state index in [1.807, 2.05) is 24.3 Å². The van der Waals surface area contributed by atoms with Crippen molar-refractivity contribution in [3.8, 4) is 0 Å². The van der Waals surface area contributed by atoms with Crippen LogP contribution in [0.2, 0.25) is 0 Å². The molecule has 1 aromatic carbocycles. The highest BCUT2D eigenvalue weighted by atomic mass is 16.3. The molecule has 0 radical (unpaired) electrons. The van der Waals surface area contributed by atoms with Crippen LogP contribution in [0.15, 0.2) is 43.0 Å². The third-order valence-corrected chi connectivity index (χ3v) is 3.69. The Bertz CT molecular complexity index is 384. The first-order valence-electron chi connectivity index (χ1n) is 8.36. The van der Waals surface area contributed by atoms with Crippen LogP contribution in [0.3, 0.4) is 0 Å². The summed E-state index contributed by atoms with van der Waals surface area (Å²) in [5, 5.41) is 19.7. The van der Waals surface area contributed by atoms with Gasteiger partial charge in [0.25, 0.3) is 0 Å². The van der Waals surface area contributed by atoms with Crippen LogP contribution in [0.5, 0.6) is 0 Å². The summed E-state index contributed by atoms with van der Waals surface area (Å²) in [7, 11) is 0. The van der Waals surface area contributed by atoms with Crippen molar-refractivity contribution >= 4 is 0 Å². The molecule has 0 aliphatic rings. The quantitative estimate of drug-likeness (QED) is 0.689. The van der Waals surface area contributed by atoms with Gasteiger partial charge in [0, 0.05) is 12.5 Å². The molecule has 126 valence electrons. The number of allylic oxidation sites excluding steroid dienone is 1. The second-order valence-electron chi connectivity index (χ2n) is 6.64. The fraction of sp³-hybridized carbons (Fsp3) is 0.600. The van der Waals surface area contributed by atoms with Crippen LogP contribution < -0.4 is 0 Å². The first-order valence-corrected chi connectivity index (χ1v) is 8.36. The molecule has 2 unspecified atom stereocenters. The standard InChI is InChI=1S/C17H26O2.C3H8/c1-4-17(2,3)12-15(13-18)16(19)11-10-14-8-6-5-7-9-14;1-3-2/h4-9,15-16,18-19H,1,10-13H2,2-3H3;3H2,1-2H3. The summed E-state index contributed by atoms with van der Waals surface area (Å²) in [5.74, 6) is -0.0864. The molecule has 0 saturated carbocycles. The van der Waals surface area contributed by atoms with Gasteiger partial charge in [-0.05, 0) is 30.2 Å². The Labute approximate surface area is 136 Å². The first kappa shape index (κ1) is 20.9. The van der Waals surface area contributed by atoms with Gasteiger partial charge in [-0.25, -0.2) is 0 Å². The van der Waals surface area contributed by atoms with Gasteiger partial charge >= 0.3 is 0 Å². The van der Waals surface area contributed by atoms with E-state index in [0.29, 0.717) is 6.42 Å². The summed E-state index contributed by atoms with van der Waals surface area (Å²) in [4.78, 5) is 0. The second-order valence-corrected chi connectivity index (χ2v) is 6.64. The van der Waals surface area contributed by atoms with Crippen LogP contribution in [-0.4, -0.2) is 22.9 Å². The minimum Gasteiger partial charge on any atom is -0.396 e. The average Bonchev–Trinajstić information content (AvgIpc) is 2.52. The molecule has 22 heavy (non-hydrogen) atoms. The molecule has 0 fully saturated rings. The minimum absolute atomic E-state index is 0.0211. The highest BCUT2D eigenvalue weighted by Gasteiger charge is 2.25. The summed E-state index contributed by atoms with van der Waals surface area (Å²) < 4.78 is 0. The predicted molar refractivity (Wildman–Crippen MR) is 95.9 cm³/mol. The van der Waals surface area contributed by atoms with Gasteiger partial charge in [0.05, 0.1) is 6.10 Å². The number of aliphatic hydroxyl groups is 2. The van der Waals surface area contributed by atoms with E-state index in [2.05, 4.69) is 46.4 Å². The second kappa shape index (κ2) is 11.4. The Morgan fingerprint density at radius 3 is 2.18 bits per heavy atom. The van der Waals surface area contributed by atoms with Crippen LogP contribution in [0.25, 0.3) is 0 Å². The lowest BCUT2D eigenvalue weighted by atomic mass is 9.80. The smallest absolute Gasteiger partial charge is 0.0593 e. The van der Waals surface area contributed by atoms with Gasteiger partial charge < -0.3 is 10.2 Å². The van der Waals surface area contributed by atoms with Gasteiger partial charge in [0.15, 0.2) is 0 Å². The molecule has 0 aromatic heterocycles. The van der Waals surface area contributed by atoms with E-state index in [9.17, 15) is 10.2 Å². The fourth-order valence-corrected chi connectivity index (χ4v) is 2.28. The van der Waals surface area contributed by atoms with E-state index in [4.69, 9.17) is 0 Å².